The average molecular weight is 185 g/mol. The zero-order valence-corrected chi connectivity index (χ0v) is 6.13. The lowest BCUT2D eigenvalue weighted by Gasteiger charge is -2.01. The zero-order valence-electron chi connectivity index (χ0n) is 4.55. The van der Waals surface area contributed by atoms with Crippen molar-refractivity contribution in [1.82, 2.24) is 0 Å². The number of alkyl halides is 3. The molecule has 1 rings (SSSR count). The highest BCUT2D eigenvalue weighted by molar-refractivity contribution is 9.09. The summed E-state index contributed by atoms with van der Waals surface area (Å²) < 4.78 is 24.3. The summed E-state index contributed by atoms with van der Waals surface area (Å²) in [5, 5.41) is 0.410. The molecule has 0 aromatic heterocycles. The van der Waals surface area contributed by atoms with Crippen LogP contribution >= 0.6 is 15.9 Å². The highest BCUT2D eigenvalue weighted by Gasteiger charge is 2.66. The summed E-state index contributed by atoms with van der Waals surface area (Å²) in [6, 6.07) is 0. The first-order valence-corrected chi connectivity index (χ1v) is 3.58. The Morgan fingerprint density at radius 3 is 2.00 bits per heavy atom. The van der Waals surface area contributed by atoms with Gasteiger partial charge in [0.05, 0.1) is 0 Å². The van der Waals surface area contributed by atoms with Crippen LogP contribution in [0.25, 0.3) is 0 Å². The van der Waals surface area contributed by atoms with Crippen LogP contribution in [0.5, 0.6) is 0 Å². The molecule has 0 radical (unpaired) electrons. The molecule has 0 nitrogen and oxygen atoms in total. The minimum atomic E-state index is -2.39. The lowest BCUT2D eigenvalue weighted by Crippen LogP contribution is -2.06. The first-order valence-electron chi connectivity index (χ1n) is 2.46. The fourth-order valence-electron chi connectivity index (χ4n) is 0.591. The molecule has 48 valence electrons. The number of halogens is 3. The summed E-state index contributed by atoms with van der Waals surface area (Å²) in [5.74, 6) is -2.39. The molecule has 0 N–H and O–H groups in total. The van der Waals surface area contributed by atoms with Gasteiger partial charge in [0.1, 0.15) is 0 Å². The Kier molecular flexibility index (Phi) is 1.16. The van der Waals surface area contributed by atoms with Crippen LogP contribution < -0.4 is 0 Å². The van der Waals surface area contributed by atoms with Gasteiger partial charge in [-0.15, -0.1) is 0 Å². The summed E-state index contributed by atoms with van der Waals surface area (Å²) in [4.78, 5) is 0. The van der Waals surface area contributed by atoms with E-state index in [4.69, 9.17) is 0 Å². The number of hydrogen-bond acceptors (Lipinski definition) is 0. The molecule has 1 aliphatic rings. The molecule has 0 aromatic carbocycles. The molecule has 8 heavy (non-hydrogen) atoms. The highest BCUT2D eigenvalue weighted by atomic mass is 79.9. The van der Waals surface area contributed by atoms with Crippen molar-refractivity contribution < 1.29 is 8.78 Å². The predicted octanol–water partition coefficient (Wildman–Crippen LogP) is 2.43. The van der Waals surface area contributed by atoms with E-state index in [9.17, 15) is 8.78 Å². The topological polar surface area (TPSA) is 0 Å². The van der Waals surface area contributed by atoms with E-state index in [0.29, 0.717) is 5.33 Å². The van der Waals surface area contributed by atoms with Gasteiger partial charge < -0.3 is 0 Å². The number of hydrogen-bond donors (Lipinski definition) is 0. The van der Waals surface area contributed by atoms with Gasteiger partial charge in [0.2, 0.25) is 0 Å². The second-order valence-corrected chi connectivity index (χ2v) is 3.14. The molecule has 1 aliphatic carbocycles. The first kappa shape index (κ1) is 6.46. The Hall–Kier alpha value is 0.340. The van der Waals surface area contributed by atoms with E-state index in [1.54, 1.807) is 6.92 Å². The summed E-state index contributed by atoms with van der Waals surface area (Å²) in [5.41, 5.74) is -0.729. The monoisotopic (exact) mass is 184 g/mol. The van der Waals surface area contributed by atoms with Gasteiger partial charge in [-0.2, -0.15) is 0 Å². The molecule has 0 amide bonds. The summed E-state index contributed by atoms with van der Waals surface area (Å²) in [7, 11) is 0. The van der Waals surface area contributed by atoms with Crippen LogP contribution in [0, 0.1) is 5.41 Å². The summed E-state index contributed by atoms with van der Waals surface area (Å²) in [6.07, 6.45) is 0.0469. The molecule has 0 aromatic rings. The Labute approximate surface area is 55.4 Å². The molecule has 0 unspecified atom stereocenters. The van der Waals surface area contributed by atoms with E-state index in [1.807, 2.05) is 0 Å². The Morgan fingerprint density at radius 2 is 2.00 bits per heavy atom. The van der Waals surface area contributed by atoms with Crippen LogP contribution in [0.4, 0.5) is 8.78 Å². The van der Waals surface area contributed by atoms with E-state index in [1.165, 1.54) is 0 Å². The maximum absolute atomic E-state index is 12.2. The minimum absolute atomic E-state index is 0.0469. The highest BCUT2D eigenvalue weighted by Crippen LogP contribution is 2.60. The van der Waals surface area contributed by atoms with Crippen molar-refractivity contribution >= 4 is 15.9 Å². The maximum Gasteiger partial charge on any atom is 0.255 e. The Morgan fingerprint density at radius 1 is 1.62 bits per heavy atom. The van der Waals surface area contributed by atoms with E-state index in [0.717, 1.165) is 0 Å². The van der Waals surface area contributed by atoms with Crippen molar-refractivity contribution in [1.29, 1.82) is 0 Å². The molecule has 0 spiro atoms. The fraction of sp³-hybridized carbons (Fsp3) is 1.00. The third-order valence-corrected chi connectivity index (χ3v) is 2.90. The SMILES string of the molecule is C[C@@]1(CBr)CC1(F)F. The van der Waals surface area contributed by atoms with E-state index < -0.39 is 11.3 Å². The van der Waals surface area contributed by atoms with Gasteiger partial charge in [0.25, 0.3) is 5.92 Å². The smallest absolute Gasteiger partial charge is 0.206 e. The molecule has 1 fully saturated rings. The van der Waals surface area contributed by atoms with Crippen molar-refractivity contribution in [3.8, 4) is 0 Å². The van der Waals surface area contributed by atoms with Gasteiger partial charge in [0.15, 0.2) is 0 Å². The molecule has 0 aliphatic heterocycles. The maximum atomic E-state index is 12.2. The van der Waals surface area contributed by atoms with Crippen LogP contribution in [0.3, 0.4) is 0 Å². The third-order valence-electron chi connectivity index (χ3n) is 1.67. The van der Waals surface area contributed by atoms with Gasteiger partial charge in [-0.3, -0.25) is 0 Å². The minimum Gasteiger partial charge on any atom is -0.206 e. The molecular weight excluding hydrogens is 178 g/mol. The van der Waals surface area contributed by atoms with Gasteiger partial charge in [-0.25, -0.2) is 8.78 Å². The van der Waals surface area contributed by atoms with Crippen molar-refractivity contribution in [2.24, 2.45) is 5.41 Å². The summed E-state index contributed by atoms with van der Waals surface area (Å²) in [6.45, 7) is 1.59. The van der Waals surface area contributed by atoms with E-state index in [-0.39, 0.29) is 6.42 Å². The fourth-order valence-corrected chi connectivity index (χ4v) is 1.20. The third kappa shape index (κ3) is 0.677. The van der Waals surface area contributed by atoms with Crippen molar-refractivity contribution in [3.05, 3.63) is 0 Å². The van der Waals surface area contributed by atoms with Crippen molar-refractivity contribution in [2.45, 2.75) is 19.3 Å². The van der Waals surface area contributed by atoms with Gasteiger partial charge in [-0.05, 0) is 0 Å². The standard InChI is InChI=1S/C5H7BrF2/c1-4(3-6)2-5(4,7)8/h2-3H2,1H3/t4-/m0/s1. The molecule has 0 bridgehead atoms. The predicted molar refractivity (Wildman–Crippen MR) is 31.5 cm³/mol. The van der Waals surface area contributed by atoms with Crippen molar-refractivity contribution in [3.63, 3.8) is 0 Å². The van der Waals surface area contributed by atoms with Gasteiger partial charge in [0, 0.05) is 17.2 Å². The van der Waals surface area contributed by atoms with Crippen LogP contribution in [-0.4, -0.2) is 11.3 Å². The van der Waals surface area contributed by atoms with Crippen LogP contribution in [0.1, 0.15) is 13.3 Å². The normalized spacial score (nSPS) is 42.0. The molecule has 0 heterocycles. The largest absolute Gasteiger partial charge is 0.255 e. The second kappa shape index (κ2) is 1.43. The van der Waals surface area contributed by atoms with Gasteiger partial charge in [-0.1, -0.05) is 22.9 Å². The first-order chi connectivity index (χ1) is 3.52. The Bertz CT molecular complexity index is 113. The second-order valence-electron chi connectivity index (χ2n) is 2.58. The molecule has 1 saturated carbocycles. The van der Waals surface area contributed by atoms with E-state index in [2.05, 4.69) is 15.9 Å². The molecule has 1 atom stereocenters. The van der Waals surface area contributed by atoms with E-state index >= 15 is 0 Å². The Balaban J connectivity index is 2.55. The zero-order chi connectivity index (χ0) is 6.41. The van der Waals surface area contributed by atoms with Crippen LogP contribution in [0.2, 0.25) is 0 Å². The van der Waals surface area contributed by atoms with Gasteiger partial charge >= 0.3 is 0 Å². The average Bonchev–Trinajstić information content (AvgIpc) is 2.10. The van der Waals surface area contributed by atoms with Crippen molar-refractivity contribution in [2.75, 3.05) is 5.33 Å². The molecular formula is C5H7BrF2. The lowest BCUT2D eigenvalue weighted by molar-refractivity contribution is 0.0779. The lowest BCUT2D eigenvalue weighted by atomic mass is 10.2. The quantitative estimate of drug-likeness (QED) is 0.550. The molecule has 0 saturated heterocycles. The molecule has 3 heteroatoms. The number of rotatable bonds is 1. The summed E-state index contributed by atoms with van der Waals surface area (Å²) >= 11 is 3.03. The van der Waals surface area contributed by atoms with Crippen LogP contribution in [0.15, 0.2) is 0 Å². The van der Waals surface area contributed by atoms with Crippen LogP contribution in [-0.2, 0) is 0 Å².